The Bertz CT molecular complexity index is 1440. The normalized spacial score (nSPS) is 12.4. The van der Waals surface area contributed by atoms with Gasteiger partial charge in [0.1, 0.15) is 12.6 Å². The predicted octanol–water partition coefficient (Wildman–Crippen LogP) is 6.91. The van der Waals surface area contributed by atoms with Crippen LogP contribution in [0, 0.1) is 40.9 Å². The fourth-order valence-electron chi connectivity index (χ4n) is 4.51. The van der Waals surface area contributed by atoms with Gasteiger partial charge in [0, 0.05) is 20.1 Å². The summed E-state index contributed by atoms with van der Waals surface area (Å²) in [5, 5.41) is 2.33. The van der Waals surface area contributed by atoms with Crippen molar-refractivity contribution in [1.82, 2.24) is 5.32 Å². The van der Waals surface area contributed by atoms with Crippen molar-refractivity contribution in [3.05, 3.63) is 88.7 Å². The predicted molar refractivity (Wildman–Crippen MR) is 157 cm³/mol. The number of carbonyl (C=O) groups is 2. The monoisotopic (exact) mass is 653 g/mol. The van der Waals surface area contributed by atoms with Gasteiger partial charge in [-0.15, -0.1) is 0 Å². The van der Waals surface area contributed by atoms with Crippen LogP contribution < -0.4 is 19.5 Å². The third-order valence-corrected chi connectivity index (χ3v) is 7.12. The number of carbonyl (C=O) groups excluding carboxylic acids is 2. The van der Waals surface area contributed by atoms with Crippen LogP contribution in [0.3, 0.4) is 0 Å². The van der Waals surface area contributed by atoms with E-state index in [1.807, 2.05) is 13.8 Å². The smallest absolute Gasteiger partial charge is 0.408 e. The highest BCUT2D eigenvalue weighted by Crippen LogP contribution is 2.33. The lowest BCUT2D eigenvalue weighted by molar-refractivity contribution is -0.137. The van der Waals surface area contributed by atoms with Crippen LogP contribution in [0.5, 0.6) is 17.2 Å². The molecule has 13 heteroatoms. The Labute approximate surface area is 263 Å². The highest BCUT2D eigenvalue weighted by Gasteiger charge is 2.33. The highest BCUT2D eigenvalue weighted by atomic mass is 19.2. The van der Waals surface area contributed by atoms with Crippen molar-refractivity contribution in [3.63, 3.8) is 0 Å². The lowest BCUT2D eigenvalue weighted by Crippen LogP contribution is -2.45. The minimum Gasteiger partial charge on any atom is -0.493 e. The summed E-state index contributed by atoms with van der Waals surface area (Å²) in [6.07, 6.45) is -0.245. The molecule has 8 nitrogen and oxygen atoms in total. The zero-order valence-electron chi connectivity index (χ0n) is 25.8. The van der Waals surface area contributed by atoms with Crippen molar-refractivity contribution in [2.45, 2.75) is 45.8 Å². The first kappa shape index (κ1) is 36.1. The van der Waals surface area contributed by atoms with E-state index in [0.29, 0.717) is 43.1 Å². The molecule has 3 aromatic carbocycles. The maximum atomic E-state index is 14.4. The Morgan fingerprint density at radius 1 is 0.804 bits per heavy atom. The van der Waals surface area contributed by atoms with Gasteiger partial charge in [0.2, 0.25) is 34.8 Å². The third kappa shape index (κ3) is 9.80. The van der Waals surface area contributed by atoms with Crippen molar-refractivity contribution in [2.24, 2.45) is 11.8 Å². The van der Waals surface area contributed by atoms with Gasteiger partial charge in [0.15, 0.2) is 11.5 Å². The summed E-state index contributed by atoms with van der Waals surface area (Å²) >= 11 is 0. The molecule has 1 N–H and O–H groups in total. The van der Waals surface area contributed by atoms with Crippen LogP contribution in [0.25, 0.3) is 0 Å². The van der Waals surface area contributed by atoms with E-state index >= 15 is 0 Å². The number of esters is 1. The molecule has 0 aliphatic heterocycles. The largest absolute Gasteiger partial charge is 0.493 e. The van der Waals surface area contributed by atoms with Crippen molar-refractivity contribution in [3.8, 4) is 17.2 Å². The van der Waals surface area contributed by atoms with Crippen LogP contribution in [-0.4, -0.2) is 45.5 Å². The second-order valence-corrected chi connectivity index (χ2v) is 10.7. The van der Waals surface area contributed by atoms with Crippen LogP contribution in [-0.2, 0) is 27.3 Å². The van der Waals surface area contributed by atoms with Crippen LogP contribution in [0.2, 0.25) is 0 Å². The van der Waals surface area contributed by atoms with Crippen molar-refractivity contribution in [2.75, 3.05) is 27.4 Å². The number of hydrogen-bond donors (Lipinski definition) is 1. The standard InChI is InChI=1S/C33H36F5NO7/c1-19(2)22(15-21-11-12-24(43-4)25(16-21)44-14-8-13-42-3)17-23(39-33(41)45-18-20-9-6-5-7-10-20)32(40)46-31-29(37)27(35)26(34)28(36)30(31)38/h5-7,9-12,16,19,22-23H,8,13-15,17-18H2,1-4H3,(H,39,41)/t22-,23-/m0/s1. The van der Waals surface area contributed by atoms with Gasteiger partial charge in [0.25, 0.3) is 0 Å². The van der Waals surface area contributed by atoms with Gasteiger partial charge < -0.3 is 29.0 Å². The van der Waals surface area contributed by atoms with Crippen molar-refractivity contribution < 1.29 is 55.2 Å². The molecule has 46 heavy (non-hydrogen) atoms. The third-order valence-electron chi connectivity index (χ3n) is 7.12. The topological polar surface area (TPSA) is 92.3 Å². The Balaban J connectivity index is 1.86. The molecule has 0 radical (unpaired) electrons. The molecule has 0 fully saturated rings. The average molecular weight is 654 g/mol. The second kappa shape index (κ2) is 17.3. The zero-order chi connectivity index (χ0) is 33.8. The lowest BCUT2D eigenvalue weighted by atomic mass is 9.84. The summed E-state index contributed by atoms with van der Waals surface area (Å²) in [5.41, 5.74) is 1.41. The van der Waals surface area contributed by atoms with Crippen LogP contribution >= 0.6 is 0 Å². The van der Waals surface area contributed by atoms with Gasteiger partial charge in [-0.3, -0.25) is 0 Å². The molecule has 0 aromatic heterocycles. The van der Waals surface area contributed by atoms with E-state index in [-0.39, 0.29) is 24.9 Å². The first-order chi connectivity index (χ1) is 22.0. The fraction of sp³-hybridized carbons (Fsp3) is 0.394. The SMILES string of the molecule is COCCCOc1cc(C[C@@H](C[C@H](NC(=O)OCc2ccccc2)C(=O)Oc2c(F)c(F)c(F)c(F)c2F)C(C)C)ccc1OC. The summed E-state index contributed by atoms with van der Waals surface area (Å²) in [5.74, 6) is -14.4. The molecule has 0 aliphatic rings. The van der Waals surface area contributed by atoms with E-state index < -0.39 is 52.9 Å². The summed E-state index contributed by atoms with van der Waals surface area (Å²) in [6, 6.07) is 12.3. The molecular formula is C33H36F5NO7. The molecule has 0 bridgehead atoms. The number of halogens is 5. The molecule has 0 aliphatic carbocycles. The molecule has 3 aromatic rings. The van der Waals surface area contributed by atoms with Gasteiger partial charge in [-0.2, -0.15) is 8.78 Å². The van der Waals surface area contributed by atoms with Gasteiger partial charge in [0.05, 0.1) is 13.7 Å². The van der Waals surface area contributed by atoms with Crippen LogP contribution in [0.1, 0.15) is 37.8 Å². The van der Waals surface area contributed by atoms with E-state index in [2.05, 4.69) is 5.32 Å². The Morgan fingerprint density at radius 3 is 2.07 bits per heavy atom. The number of alkyl carbamates (subject to hydrolysis) is 1. The molecule has 250 valence electrons. The van der Waals surface area contributed by atoms with Gasteiger partial charge in [-0.1, -0.05) is 50.2 Å². The van der Waals surface area contributed by atoms with Gasteiger partial charge in [-0.25, -0.2) is 22.8 Å². The summed E-state index contributed by atoms with van der Waals surface area (Å²) in [7, 11) is 3.08. The molecule has 0 unspecified atom stereocenters. The molecule has 0 spiro atoms. The van der Waals surface area contributed by atoms with Crippen LogP contribution in [0.4, 0.5) is 26.7 Å². The van der Waals surface area contributed by atoms with Crippen LogP contribution in [0.15, 0.2) is 48.5 Å². The number of amides is 1. The number of nitrogens with one attached hydrogen (secondary N) is 1. The Hall–Kier alpha value is -4.39. The van der Waals surface area contributed by atoms with E-state index in [0.717, 1.165) is 5.56 Å². The summed E-state index contributed by atoms with van der Waals surface area (Å²) in [4.78, 5) is 26.0. The van der Waals surface area contributed by atoms with Crippen molar-refractivity contribution in [1.29, 1.82) is 0 Å². The summed E-state index contributed by atoms with van der Waals surface area (Å²) in [6.45, 7) is 4.41. The van der Waals surface area contributed by atoms with E-state index in [1.54, 1.807) is 55.6 Å². The fourth-order valence-corrected chi connectivity index (χ4v) is 4.51. The molecule has 0 saturated carbocycles. The number of rotatable bonds is 16. The first-order valence-corrected chi connectivity index (χ1v) is 14.5. The number of ether oxygens (including phenoxy) is 5. The minimum absolute atomic E-state index is 0.125. The minimum atomic E-state index is -2.41. The molecule has 2 atom stereocenters. The van der Waals surface area contributed by atoms with Crippen molar-refractivity contribution >= 4 is 12.1 Å². The van der Waals surface area contributed by atoms with E-state index in [9.17, 15) is 31.5 Å². The maximum Gasteiger partial charge on any atom is 0.408 e. The molecule has 0 heterocycles. The lowest BCUT2D eigenvalue weighted by Gasteiger charge is -2.26. The molecule has 0 saturated heterocycles. The summed E-state index contributed by atoms with van der Waals surface area (Å²) < 4.78 is 96.1. The van der Waals surface area contributed by atoms with Gasteiger partial charge in [-0.05, 0) is 47.9 Å². The molecule has 1 amide bonds. The zero-order valence-corrected chi connectivity index (χ0v) is 25.8. The van der Waals surface area contributed by atoms with E-state index in [4.69, 9.17) is 23.7 Å². The maximum absolute atomic E-state index is 14.4. The Kier molecular flexibility index (Phi) is 13.6. The number of benzene rings is 3. The van der Waals surface area contributed by atoms with E-state index in [1.165, 1.54) is 7.11 Å². The van der Waals surface area contributed by atoms with Gasteiger partial charge >= 0.3 is 12.1 Å². The molecule has 3 rings (SSSR count). The number of methoxy groups -OCH3 is 2. The molecular weight excluding hydrogens is 617 g/mol. The second-order valence-electron chi connectivity index (χ2n) is 10.7. The highest BCUT2D eigenvalue weighted by molar-refractivity contribution is 5.83. The number of hydrogen-bond acceptors (Lipinski definition) is 7. The quantitative estimate of drug-likeness (QED) is 0.0449. The first-order valence-electron chi connectivity index (χ1n) is 14.5. The Morgan fingerprint density at radius 2 is 1.46 bits per heavy atom. The average Bonchev–Trinajstić information content (AvgIpc) is 3.05.